The van der Waals surface area contributed by atoms with Crippen molar-refractivity contribution in [2.24, 2.45) is 5.73 Å². The smallest absolute Gasteiger partial charge is 0.241 e. The highest BCUT2D eigenvalue weighted by atomic mass is 35.5. The van der Waals surface area contributed by atoms with E-state index in [2.05, 4.69) is 30.1 Å². The Morgan fingerprint density at radius 3 is 2.24 bits per heavy atom. The van der Waals surface area contributed by atoms with Gasteiger partial charge in [-0.3, -0.25) is 9.69 Å². The highest BCUT2D eigenvalue weighted by Crippen LogP contribution is 2.24. The van der Waals surface area contributed by atoms with Crippen molar-refractivity contribution < 1.29 is 9.53 Å². The molecular formula is C22H33Cl2N3O2. The second kappa shape index (κ2) is 13.4. The van der Waals surface area contributed by atoms with Gasteiger partial charge in [-0.1, -0.05) is 55.8 Å². The average molecular weight is 442 g/mol. The van der Waals surface area contributed by atoms with Crippen molar-refractivity contribution in [2.75, 3.05) is 26.7 Å². The maximum absolute atomic E-state index is 12.6. The molecule has 0 aliphatic rings. The van der Waals surface area contributed by atoms with E-state index in [1.165, 1.54) is 0 Å². The highest BCUT2D eigenvalue weighted by molar-refractivity contribution is 5.85. The van der Waals surface area contributed by atoms with Crippen LogP contribution in [0.3, 0.4) is 0 Å². The zero-order chi connectivity index (χ0) is 19.8. The van der Waals surface area contributed by atoms with E-state index in [1.807, 2.05) is 49.4 Å². The summed E-state index contributed by atoms with van der Waals surface area (Å²) in [6.45, 7) is 8.52. The Bertz CT molecular complexity index is 737. The molecule has 2 atom stereocenters. The van der Waals surface area contributed by atoms with Gasteiger partial charge >= 0.3 is 0 Å². The van der Waals surface area contributed by atoms with Crippen molar-refractivity contribution in [1.29, 1.82) is 0 Å². The van der Waals surface area contributed by atoms with Gasteiger partial charge in [-0.2, -0.15) is 0 Å². The third-order valence-corrected chi connectivity index (χ3v) is 4.92. The molecule has 0 saturated carbocycles. The Labute approximate surface area is 186 Å². The molecule has 0 radical (unpaired) electrons. The zero-order valence-electron chi connectivity index (χ0n) is 17.6. The first-order chi connectivity index (χ1) is 13.0. The number of hydrogen-bond donors (Lipinski definition) is 2. The molecule has 0 spiro atoms. The molecule has 2 aromatic rings. The lowest BCUT2D eigenvalue weighted by Crippen LogP contribution is -2.41. The van der Waals surface area contributed by atoms with Gasteiger partial charge in [0.1, 0.15) is 11.8 Å². The number of methoxy groups -OCH3 is 1. The molecule has 0 bridgehead atoms. The standard InChI is InChI=1S/C22H31N3O2.2ClH/c1-5-25(6-2)20(18-8-7-9-19(14-18)27-4)15-24-22(26)21(23)17-12-10-16(3)11-13-17;;/h7-14,20-21H,5-6,15,23H2,1-4H3,(H,24,26);2*1H. The zero-order valence-corrected chi connectivity index (χ0v) is 19.2. The van der Waals surface area contributed by atoms with E-state index in [4.69, 9.17) is 10.5 Å². The SMILES string of the molecule is CCN(CC)C(CNC(=O)C(N)c1ccc(C)cc1)c1cccc(OC)c1.Cl.Cl. The Morgan fingerprint density at radius 2 is 1.69 bits per heavy atom. The predicted molar refractivity (Wildman–Crippen MR) is 124 cm³/mol. The minimum Gasteiger partial charge on any atom is -0.497 e. The summed E-state index contributed by atoms with van der Waals surface area (Å²) in [6.07, 6.45) is 0. The molecule has 3 N–H and O–H groups in total. The molecule has 0 aromatic heterocycles. The van der Waals surface area contributed by atoms with Crippen molar-refractivity contribution in [3.05, 3.63) is 65.2 Å². The largest absolute Gasteiger partial charge is 0.497 e. The number of nitrogens with two attached hydrogens (primary N) is 1. The van der Waals surface area contributed by atoms with Crippen LogP contribution < -0.4 is 15.8 Å². The molecule has 0 aliphatic carbocycles. The predicted octanol–water partition coefficient (Wildman–Crippen LogP) is 4.05. The molecule has 5 nitrogen and oxygen atoms in total. The van der Waals surface area contributed by atoms with Crippen molar-refractivity contribution in [3.63, 3.8) is 0 Å². The van der Waals surface area contributed by atoms with Crippen molar-refractivity contribution >= 4 is 30.7 Å². The molecule has 162 valence electrons. The molecule has 0 heterocycles. The second-order valence-electron chi connectivity index (χ2n) is 6.65. The molecule has 1 amide bonds. The van der Waals surface area contributed by atoms with E-state index in [0.717, 1.165) is 35.5 Å². The Hall–Kier alpha value is -1.79. The summed E-state index contributed by atoms with van der Waals surface area (Å²) in [4.78, 5) is 14.9. The van der Waals surface area contributed by atoms with E-state index in [1.54, 1.807) is 7.11 Å². The fourth-order valence-corrected chi connectivity index (χ4v) is 3.20. The van der Waals surface area contributed by atoms with Crippen LogP contribution in [0.1, 0.15) is 42.6 Å². The summed E-state index contributed by atoms with van der Waals surface area (Å²) in [5, 5.41) is 3.03. The van der Waals surface area contributed by atoms with Gasteiger partial charge in [0.2, 0.25) is 5.91 Å². The van der Waals surface area contributed by atoms with E-state index in [-0.39, 0.29) is 36.8 Å². The number of ether oxygens (including phenoxy) is 1. The van der Waals surface area contributed by atoms with Gasteiger partial charge < -0.3 is 15.8 Å². The highest BCUT2D eigenvalue weighted by Gasteiger charge is 2.22. The van der Waals surface area contributed by atoms with E-state index in [9.17, 15) is 4.79 Å². The second-order valence-corrected chi connectivity index (χ2v) is 6.65. The molecule has 0 saturated heterocycles. The summed E-state index contributed by atoms with van der Waals surface area (Å²) in [5.41, 5.74) is 9.23. The number of nitrogens with zero attached hydrogens (tertiary/aromatic N) is 1. The molecule has 29 heavy (non-hydrogen) atoms. The van der Waals surface area contributed by atoms with Crippen LogP contribution in [-0.4, -0.2) is 37.6 Å². The minimum absolute atomic E-state index is 0. The number of rotatable bonds is 9. The third-order valence-electron chi connectivity index (χ3n) is 4.92. The summed E-state index contributed by atoms with van der Waals surface area (Å²) in [5.74, 6) is 0.645. The number of carbonyl (C=O) groups is 1. The normalized spacial score (nSPS) is 12.3. The van der Waals surface area contributed by atoms with Crippen LogP contribution in [0.25, 0.3) is 0 Å². The molecule has 2 rings (SSSR count). The first kappa shape index (κ1) is 27.2. The first-order valence-electron chi connectivity index (χ1n) is 9.48. The van der Waals surface area contributed by atoms with Crippen LogP contribution >= 0.6 is 24.8 Å². The Morgan fingerprint density at radius 1 is 1.07 bits per heavy atom. The fourth-order valence-electron chi connectivity index (χ4n) is 3.20. The van der Waals surface area contributed by atoms with E-state index >= 15 is 0 Å². The quantitative estimate of drug-likeness (QED) is 0.615. The molecule has 2 unspecified atom stereocenters. The molecule has 0 aliphatic heterocycles. The molecule has 7 heteroatoms. The summed E-state index contributed by atoms with van der Waals surface area (Å²) in [6, 6.07) is 15.1. The molecule has 0 fully saturated rings. The Kier molecular flexibility index (Phi) is 12.6. The maximum Gasteiger partial charge on any atom is 0.241 e. The average Bonchev–Trinajstić information content (AvgIpc) is 2.71. The number of hydrogen-bond acceptors (Lipinski definition) is 4. The number of aryl methyl sites for hydroxylation is 1. The van der Waals surface area contributed by atoms with Gasteiger partial charge in [-0.15, -0.1) is 24.8 Å². The van der Waals surface area contributed by atoms with Gasteiger partial charge in [0, 0.05) is 6.54 Å². The lowest BCUT2D eigenvalue weighted by atomic mass is 10.0. The number of benzene rings is 2. The summed E-state index contributed by atoms with van der Waals surface area (Å²) < 4.78 is 5.36. The van der Waals surface area contributed by atoms with Gasteiger partial charge in [-0.25, -0.2) is 0 Å². The number of carbonyl (C=O) groups excluding carboxylic acids is 1. The monoisotopic (exact) mass is 441 g/mol. The van der Waals surface area contributed by atoms with E-state index in [0.29, 0.717) is 6.54 Å². The third kappa shape index (κ3) is 7.52. The molecular weight excluding hydrogens is 409 g/mol. The lowest BCUT2D eigenvalue weighted by molar-refractivity contribution is -0.122. The topological polar surface area (TPSA) is 67.6 Å². The first-order valence-corrected chi connectivity index (χ1v) is 9.48. The molecule has 2 aromatic carbocycles. The van der Waals surface area contributed by atoms with Crippen LogP contribution in [0.4, 0.5) is 0 Å². The van der Waals surface area contributed by atoms with Gasteiger partial charge in [0.15, 0.2) is 0 Å². The number of amides is 1. The number of halogens is 2. The van der Waals surface area contributed by atoms with Gasteiger partial charge in [-0.05, 0) is 43.3 Å². The van der Waals surface area contributed by atoms with Gasteiger partial charge in [0.25, 0.3) is 0 Å². The van der Waals surface area contributed by atoms with Crippen molar-refractivity contribution in [3.8, 4) is 5.75 Å². The van der Waals surface area contributed by atoms with Gasteiger partial charge in [0.05, 0.1) is 13.2 Å². The minimum atomic E-state index is -0.673. The number of likely N-dealkylation sites (N-methyl/N-ethyl adjacent to an activating group) is 1. The Balaban J connectivity index is 0.00000392. The lowest BCUT2D eigenvalue weighted by Gasteiger charge is -2.31. The van der Waals surface area contributed by atoms with Crippen molar-refractivity contribution in [2.45, 2.75) is 32.9 Å². The van der Waals surface area contributed by atoms with Crippen LogP contribution in [0.5, 0.6) is 5.75 Å². The van der Waals surface area contributed by atoms with Crippen LogP contribution in [0.15, 0.2) is 48.5 Å². The summed E-state index contributed by atoms with van der Waals surface area (Å²) in [7, 11) is 1.66. The fraction of sp³-hybridized carbons (Fsp3) is 0.409. The van der Waals surface area contributed by atoms with Crippen LogP contribution in [0.2, 0.25) is 0 Å². The number of nitrogens with one attached hydrogen (secondary N) is 1. The summed E-state index contributed by atoms with van der Waals surface area (Å²) >= 11 is 0. The van der Waals surface area contributed by atoms with Crippen molar-refractivity contribution in [1.82, 2.24) is 10.2 Å². The van der Waals surface area contributed by atoms with Crippen LogP contribution in [0, 0.1) is 6.92 Å². The van der Waals surface area contributed by atoms with E-state index < -0.39 is 6.04 Å². The van der Waals surface area contributed by atoms with Crippen LogP contribution in [-0.2, 0) is 4.79 Å². The maximum atomic E-state index is 12.6.